The fraction of sp³-hybridized carbons (Fsp3) is 0.250. The highest BCUT2D eigenvalue weighted by atomic mass is 35.5. The summed E-state index contributed by atoms with van der Waals surface area (Å²) in [6.45, 7) is 3.02. The second-order valence-corrected chi connectivity index (χ2v) is 5.06. The first kappa shape index (κ1) is 14.6. The number of aryl methyl sites for hydroxylation is 1. The lowest BCUT2D eigenvalue weighted by Crippen LogP contribution is -2.11. The van der Waals surface area contributed by atoms with Crippen molar-refractivity contribution in [3.8, 4) is 0 Å². The number of rotatable bonds is 5. The highest BCUT2D eigenvalue weighted by Crippen LogP contribution is 2.33. The summed E-state index contributed by atoms with van der Waals surface area (Å²) in [5.74, 6) is 0. The Kier molecular flexibility index (Phi) is 4.46. The largest absolute Gasteiger partial charge is 0.378 e. The van der Waals surface area contributed by atoms with Crippen LogP contribution in [0.1, 0.15) is 5.56 Å². The van der Waals surface area contributed by atoms with Crippen LogP contribution < -0.4 is 5.32 Å². The summed E-state index contributed by atoms with van der Waals surface area (Å²) in [4.78, 5) is 10.5. The van der Waals surface area contributed by atoms with Crippen molar-refractivity contribution in [2.75, 3.05) is 11.9 Å². The molecular formula is C12H12Cl2N4O2. The van der Waals surface area contributed by atoms with Gasteiger partial charge < -0.3 is 5.32 Å². The zero-order chi connectivity index (χ0) is 14.7. The number of nitrogens with zero attached hydrogens (tertiary/aromatic N) is 3. The van der Waals surface area contributed by atoms with E-state index >= 15 is 0 Å². The molecule has 0 atom stereocenters. The fourth-order valence-electron chi connectivity index (χ4n) is 1.72. The van der Waals surface area contributed by atoms with Crippen LogP contribution in [0.4, 0.5) is 11.4 Å². The average molecular weight is 315 g/mol. The van der Waals surface area contributed by atoms with Gasteiger partial charge in [0.05, 0.1) is 27.7 Å². The number of hydrogen-bond donors (Lipinski definition) is 1. The third-order valence-electron chi connectivity index (χ3n) is 2.65. The standard InChI is InChI=1S/C12H12Cl2N4O2/c1-8-6-16-17(7-8)3-2-15-11-4-9(13)10(14)5-12(11)18(19)20/h4-7,15H,2-3H2,1H3. The number of nitrogens with one attached hydrogen (secondary N) is 1. The van der Waals surface area contributed by atoms with Gasteiger partial charge in [-0.1, -0.05) is 23.2 Å². The number of nitro groups is 1. The first-order valence-electron chi connectivity index (χ1n) is 5.83. The molecular weight excluding hydrogens is 303 g/mol. The van der Waals surface area contributed by atoms with Crippen LogP contribution in [0.15, 0.2) is 24.5 Å². The molecule has 1 aromatic heterocycles. The van der Waals surface area contributed by atoms with Crippen LogP contribution in [0.2, 0.25) is 10.0 Å². The van der Waals surface area contributed by atoms with Gasteiger partial charge in [-0.3, -0.25) is 14.8 Å². The van der Waals surface area contributed by atoms with E-state index in [1.54, 1.807) is 10.9 Å². The molecule has 0 bridgehead atoms. The number of hydrogen-bond acceptors (Lipinski definition) is 4. The molecule has 20 heavy (non-hydrogen) atoms. The molecule has 0 aliphatic rings. The van der Waals surface area contributed by atoms with Gasteiger partial charge in [-0.2, -0.15) is 5.10 Å². The van der Waals surface area contributed by atoms with E-state index in [0.717, 1.165) is 5.56 Å². The van der Waals surface area contributed by atoms with E-state index in [4.69, 9.17) is 23.2 Å². The van der Waals surface area contributed by atoms with Gasteiger partial charge in [0.25, 0.3) is 5.69 Å². The minimum Gasteiger partial charge on any atom is -0.378 e. The molecule has 6 nitrogen and oxygen atoms in total. The highest BCUT2D eigenvalue weighted by molar-refractivity contribution is 6.42. The zero-order valence-corrected chi connectivity index (χ0v) is 12.1. The Morgan fingerprint density at radius 1 is 1.40 bits per heavy atom. The lowest BCUT2D eigenvalue weighted by molar-refractivity contribution is -0.383. The van der Waals surface area contributed by atoms with Gasteiger partial charge in [-0.15, -0.1) is 0 Å². The normalized spacial score (nSPS) is 10.6. The van der Waals surface area contributed by atoms with Crippen molar-refractivity contribution >= 4 is 34.6 Å². The molecule has 0 fully saturated rings. The molecule has 2 rings (SSSR count). The molecule has 0 unspecified atom stereocenters. The van der Waals surface area contributed by atoms with E-state index in [1.165, 1.54) is 12.1 Å². The predicted molar refractivity (Wildman–Crippen MR) is 78.6 cm³/mol. The SMILES string of the molecule is Cc1cnn(CCNc2cc(Cl)c(Cl)cc2[N+](=O)[O-])c1. The van der Waals surface area contributed by atoms with E-state index in [1.807, 2.05) is 13.1 Å². The molecule has 106 valence electrons. The van der Waals surface area contributed by atoms with Gasteiger partial charge in [-0.25, -0.2) is 0 Å². The van der Waals surface area contributed by atoms with E-state index < -0.39 is 4.92 Å². The smallest absolute Gasteiger partial charge is 0.293 e. The van der Waals surface area contributed by atoms with E-state index in [0.29, 0.717) is 18.8 Å². The Morgan fingerprint density at radius 3 is 2.70 bits per heavy atom. The summed E-state index contributed by atoms with van der Waals surface area (Å²) < 4.78 is 1.76. The Labute approximate surface area is 125 Å². The van der Waals surface area contributed by atoms with Crippen LogP contribution in [-0.2, 0) is 6.54 Å². The van der Waals surface area contributed by atoms with Crippen molar-refractivity contribution in [3.05, 3.63) is 50.2 Å². The summed E-state index contributed by atoms with van der Waals surface area (Å²) in [5, 5.41) is 18.5. The van der Waals surface area contributed by atoms with Crippen LogP contribution in [0, 0.1) is 17.0 Å². The first-order valence-corrected chi connectivity index (χ1v) is 6.59. The maximum absolute atomic E-state index is 11.0. The molecule has 1 heterocycles. The van der Waals surface area contributed by atoms with Crippen LogP contribution in [-0.4, -0.2) is 21.2 Å². The van der Waals surface area contributed by atoms with Crippen LogP contribution in [0.5, 0.6) is 0 Å². The zero-order valence-electron chi connectivity index (χ0n) is 10.6. The summed E-state index contributed by atoms with van der Waals surface area (Å²) in [6, 6.07) is 2.70. The Bertz CT molecular complexity index is 642. The molecule has 1 aromatic carbocycles. The average Bonchev–Trinajstić information content (AvgIpc) is 2.79. The molecule has 0 amide bonds. The van der Waals surface area contributed by atoms with Crippen molar-refractivity contribution in [2.45, 2.75) is 13.5 Å². The minimum atomic E-state index is -0.497. The predicted octanol–water partition coefficient (Wildman–Crippen LogP) is 3.52. The van der Waals surface area contributed by atoms with E-state index in [-0.39, 0.29) is 15.7 Å². The topological polar surface area (TPSA) is 73.0 Å². The van der Waals surface area contributed by atoms with E-state index in [9.17, 15) is 10.1 Å². The highest BCUT2D eigenvalue weighted by Gasteiger charge is 2.16. The van der Waals surface area contributed by atoms with Crippen molar-refractivity contribution in [1.29, 1.82) is 0 Å². The lowest BCUT2D eigenvalue weighted by Gasteiger charge is -2.08. The molecule has 0 saturated heterocycles. The van der Waals surface area contributed by atoms with Crippen molar-refractivity contribution in [2.24, 2.45) is 0 Å². The van der Waals surface area contributed by atoms with E-state index in [2.05, 4.69) is 10.4 Å². The minimum absolute atomic E-state index is 0.101. The second-order valence-electron chi connectivity index (χ2n) is 4.25. The Hall–Kier alpha value is -1.79. The van der Waals surface area contributed by atoms with Crippen LogP contribution in [0.25, 0.3) is 0 Å². The number of aromatic nitrogens is 2. The molecule has 0 saturated carbocycles. The van der Waals surface area contributed by atoms with Crippen molar-refractivity contribution in [1.82, 2.24) is 9.78 Å². The maximum Gasteiger partial charge on any atom is 0.293 e. The van der Waals surface area contributed by atoms with Gasteiger partial charge in [0.15, 0.2) is 0 Å². The molecule has 0 spiro atoms. The number of benzene rings is 1. The van der Waals surface area contributed by atoms with Gasteiger partial charge in [-0.05, 0) is 18.6 Å². The Balaban J connectivity index is 2.08. The van der Waals surface area contributed by atoms with Crippen LogP contribution >= 0.6 is 23.2 Å². The van der Waals surface area contributed by atoms with Crippen molar-refractivity contribution in [3.63, 3.8) is 0 Å². The molecule has 2 aromatic rings. The lowest BCUT2D eigenvalue weighted by atomic mass is 10.2. The number of nitro benzene ring substituents is 1. The maximum atomic E-state index is 11.0. The Morgan fingerprint density at radius 2 is 2.10 bits per heavy atom. The summed E-state index contributed by atoms with van der Waals surface area (Å²) in [5.41, 5.74) is 1.30. The summed E-state index contributed by atoms with van der Waals surface area (Å²) in [7, 11) is 0. The van der Waals surface area contributed by atoms with Crippen LogP contribution in [0.3, 0.4) is 0 Å². The molecule has 0 radical (unpaired) electrons. The van der Waals surface area contributed by atoms with Crippen molar-refractivity contribution < 1.29 is 4.92 Å². The number of anilines is 1. The third kappa shape index (κ3) is 3.40. The number of halogens is 2. The molecule has 8 heteroatoms. The quantitative estimate of drug-likeness (QED) is 0.677. The summed E-state index contributed by atoms with van der Waals surface area (Å²) >= 11 is 11.7. The summed E-state index contributed by atoms with van der Waals surface area (Å²) in [6.07, 6.45) is 3.65. The third-order valence-corrected chi connectivity index (χ3v) is 3.38. The second kappa shape index (κ2) is 6.11. The fourth-order valence-corrected chi connectivity index (χ4v) is 2.04. The first-order chi connectivity index (χ1) is 9.47. The van der Waals surface area contributed by atoms with Gasteiger partial charge in [0.1, 0.15) is 5.69 Å². The molecule has 1 N–H and O–H groups in total. The monoisotopic (exact) mass is 314 g/mol. The van der Waals surface area contributed by atoms with Gasteiger partial charge >= 0.3 is 0 Å². The molecule has 0 aliphatic heterocycles. The molecule has 0 aliphatic carbocycles. The van der Waals surface area contributed by atoms with Gasteiger partial charge in [0.2, 0.25) is 0 Å². The van der Waals surface area contributed by atoms with Gasteiger partial charge in [0, 0.05) is 18.8 Å².